The lowest BCUT2D eigenvalue weighted by Crippen LogP contribution is -2.29. The topological polar surface area (TPSA) is 185 Å². The zero-order valence-corrected chi connectivity index (χ0v) is 19.9. The third-order valence-corrected chi connectivity index (χ3v) is 5.20. The van der Waals surface area contributed by atoms with Gasteiger partial charge in [-0.1, -0.05) is 0 Å². The van der Waals surface area contributed by atoms with Gasteiger partial charge in [-0.2, -0.15) is 0 Å². The molecule has 0 aromatic carbocycles. The number of imidazole rings is 2. The van der Waals surface area contributed by atoms with E-state index in [4.69, 9.17) is 5.11 Å². The molecule has 0 saturated carbocycles. The zero-order valence-electron chi connectivity index (χ0n) is 19.9. The molecule has 3 rings (SSSR count). The monoisotopic (exact) mass is 500 g/mol. The van der Waals surface area contributed by atoms with Gasteiger partial charge in [0.1, 0.15) is 5.69 Å². The summed E-state index contributed by atoms with van der Waals surface area (Å²) in [5, 5.41) is 26.0. The van der Waals surface area contributed by atoms with Crippen molar-refractivity contribution < 1.29 is 29.4 Å². The van der Waals surface area contributed by atoms with Gasteiger partial charge in [0.2, 0.25) is 11.7 Å². The largest absolute Gasteiger partial charge is 0.475 e. The Balaban J connectivity index is 1.50. The average molecular weight is 501 g/mol. The quantitative estimate of drug-likeness (QED) is 0.222. The van der Waals surface area contributed by atoms with E-state index in [1.54, 1.807) is 35.6 Å². The fourth-order valence-electron chi connectivity index (χ4n) is 3.43. The smallest absolute Gasteiger partial charge is 0.372 e. The van der Waals surface area contributed by atoms with Crippen LogP contribution in [0.4, 0.5) is 11.5 Å². The number of unbranched alkanes of at least 4 members (excludes halogenated alkanes) is 1. The highest BCUT2D eigenvalue weighted by Gasteiger charge is 2.18. The van der Waals surface area contributed by atoms with E-state index in [0.717, 1.165) is 0 Å². The van der Waals surface area contributed by atoms with E-state index in [2.05, 4.69) is 25.9 Å². The molecule has 192 valence electrons. The Kier molecular flexibility index (Phi) is 8.57. The van der Waals surface area contributed by atoms with E-state index in [1.165, 1.54) is 23.0 Å². The number of aryl methyl sites for hydroxylation is 3. The molecular weight excluding hydrogens is 472 g/mol. The number of nitrogens with one attached hydrogen (secondary N) is 3. The number of hydrogen-bond acceptors (Lipinski definition) is 7. The minimum absolute atomic E-state index is 0.00378. The van der Waals surface area contributed by atoms with Gasteiger partial charge in [-0.3, -0.25) is 14.4 Å². The number of amides is 3. The first kappa shape index (κ1) is 26.2. The molecule has 36 heavy (non-hydrogen) atoms. The first-order chi connectivity index (χ1) is 17.2. The summed E-state index contributed by atoms with van der Waals surface area (Å²) in [5.74, 6) is -2.45. The number of carboxylic acid groups (broad SMARTS) is 1. The molecule has 0 unspecified atom stereocenters. The fourth-order valence-corrected chi connectivity index (χ4v) is 3.43. The Morgan fingerprint density at radius 3 is 2.44 bits per heavy atom. The highest BCUT2D eigenvalue weighted by molar-refractivity contribution is 6.03. The van der Waals surface area contributed by atoms with E-state index in [9.17, 15) is 24.3 Å². The van der Waals surface area contributed by atoms with Crippen LogP contribution in [0.1, 0.15) is 51.0 Å². The number of aromatic nitrogens is 5. The van der Waals surface area contributed by atoms with Crippen LogP contribution in [0.5, 0.6) is 0 Å². The Hall–Kier alpha value is -4.46. The molecule has 3 aromatic rings. The van der Waals surface area contributed by atoms with Gasteiger partial charge >= 0.3 is 5.97 Å². The molecule has 3 aromatic heterocycles. The first-order valence-electron chi connectivity index (χ1n) is 11.1. The van der Waals surface area contributed by atoms with Crippen LogP contribution >= 0.6 is 0 Å². The number of aromatic carboxylic acids is 1. The molecule has 0 aliphatic heterocycles. The van der Waals surface area contributed by atoms with Gasteiger partial charge in [-0.25, -0.2) is 14.8 Å². The fraction of sp³-hybridized carbons (Fsp3) is 0.364. The number of aliphatic hydroxyl groups is 1. The van der Waals surface area contributed by atoms with Crippen molar-refractivity contribution in [2.75, 3.05) is 23.8 Å². The minimum Gasteiger partial charge on any atom is -0.475 e. The van der Waals surface area contributed by atoms with Crippen LogP contribution in [0.25, 0.3) is 0 Å². The molecule has 3 heterocycles. The summed E-state index contributed by atoms with van der Waals surface area (Å²) in [6.45, 7) is 0.353. The third kappa shape index (κ3) is 6.56. The number of hydrogen-bond donors (Lipinski definition) is 5. The third-order valence-electron chi connectivity index (χ3n) is 5.20. The van der Waals surface area contributed by atoms with E-state index >= 15 is 0 Å². The number of rotatable bonds is 12. The lowest BCUT2D eigenvalue weighted by Gasteiger charge is -2.06. The molecule has 14 nitrogen and oxygen atoms in total. The van der Waals surface area contributed by atoms with Crippen LogP contribution < -0.4 is 16.0 Å². The number of carboxylic acids is 1. The van der Waals surface area contributed by atoms with Gasteiger partial charge in [-0.15, -0.1) is 0 Å². The number of aliphatic hydroxyl groups excluding tert-OH is 1. The van der Waals surface area contributed by atoms with E-state index in [1.807, 2.05) is 0 Å². The lowest BCUT2D eigenvalue weighted by molar-refractivity contribution is -0.116. The molecule has 14 heteroatoms. The molecule has 0 fully saturated rings. The van der Waals surface area contributed by atoms with Gasteiger partial charge in [0, 0.05) is 65.0 Å². The minimum atomic E-state index is -1.23. The maximum Gasteiger partial charge on any atom is 0.372 e. The molecule has 0 spiro atoms. The number of carbonyl (C=O) groups is 4. The summed E-state index contributed by atoms with van der Waals surface area (Å²) in [5.41, 5.74) is 0.690. The Labute approximate surface area is 206 Å². The maximum atomic E-state index is 12.5. The highest BCUT2D eigenvalue weighted by Crippen LogP contribution is 2.14. The molecular formula is C22H28N8O6. The summed E-state index contributed by atoms with van der Waals surface area (Å²) in [7, 11) is 3.34. The van der Waals surface area contributed by atoms with Gasteiger partial charge in [-0.05, 0) is 18.9 Å². The van der Waals surface area contributed by atoms with Crippen molar-refractivity contribution >= 4 is 35.2 Å². The van der Waals surface area contributed by atoms with Crippen molar-refractivity contribution in [2.45, 2.75) is 25.8 Å². The highest BCUT2D eigenvalue weighted by atomic mass is 16.4. The predicted molar refractivity (Wildman–Crippen MR) is 128 cm³/mol. The van der Waals surface area contributed by atoms with Crippen molar-refractivity contribution in [3.8, 4) is 0 Å². The van der Waals surface area contributed by atoms with Crippen LogP contribution in [0.15, 0.2) is 30.9 Å². The average Bonchev–Trinajstić information content (AvgIpc) is 3.52. The van der Waals surface area contributed by atoms with Crippen LogP contribution in [-0.4, -0.2) is 70.7 Å². The molecule has 0 bridgehead atoms. The maximum absolute atomic E-state index is 12.5. The van der Waals surface area contributed by atoms with E-state index in [0.29, 0.717) is 25.1 Å². The number of carbonyl (C=O) groups excluding carboxylic acids is 3. The Bertz CT molecular complexity index is 1260. The van der Waals surface area contributed by atoms with Crippen molar-refractivity contribution in [1.29, 1.82) is 0 Å². The SMILES string of the molecule is Cn1cc(NC(=O)c2nccn2C)cc1C(=O)NCCC(=O)Nc1cn(CCCCO)c(C(=O)O)n1. The molecule has 0 aliphatic carbocycles. The summed E-state index contributed by atoms with van der Waals surface area (Å²) in [6.07, 6.45) is 7.15. The van der Waals surface area contributed by atoms with E-state index < -0.39 is 23.7 Å². The van der Waals surface area contributed by atoms with Crippen LogP contribution in [0.3, 0.4) is 0 Å². The predicted octanol–water partition coefficient (Wildman–Crippen LogP) is 0.437. The summed E-state index contributed by atoms with van der Waals surface area (Å²) >= 11 is 0. The van der Waals surface area contributed by atoms with Gasteiger partial charge in [0.05, 0.1) is 5.69 Å². The van der Waals surface area contributed by atoms with Crippen molar-refractivity contribution in [3.63, 3.8) is 0 Å². The standard InChI is InChI=1S/C22H28N8O6/c1-28-9-7-23-18(28)21(34)25-14-11-15(29(2)12-14)20(33)24-6-5-17(32)26-16-13-30(8-3-4-10-31)19(27-16)22(35)36/h7,9,11-13,31H,3-6,8,10H2,1-2H3,(H,24,33)(H,25,34)(H,26,32)(H,35,36). The first-order valence-corrected chi connectivity index (χ1v) is 11.1. The second kappa shape index (κ2) is 11.8. The molecule has 0 saturated heterocycles. The normalized spacial score (nSPS) is 10.8. The molecule has 3 amide bonds. The summed E-state index contributed by atoms with van der Waals surface area (Å²) < 4.78 is 4.51. The second-order valence-corrected chi connectivity index (χ2v) is 7.97. The van der Waals surface area contributed by atoms with Gasteiger partial charge in [0.25, 0.3) is 11.8 Å². The molecule has 0 atom stereocenters. The Morgan fingerprint density at radius 2 is 1.78 bits per heavy atom. The lowest BCUT2D eigenvalue weighted by atomic mass is 10.3. The van der Waals surface area contributed by atoms with Crippen LogP contribution in [0, 0.1) is 0 Å². The Morgan fingerprint density at radius 1 is 1.00 bits per heavy atom. The van der Waals surface area contributed by atoms with Crippen molar-refractivity contribution in [3.05, 3.63) is 48.2 Å². The summed E-state index contributed by atoms with van der Waals surface area (Å²) in [6, 6.07) is 1.51. The van der Waals surface area contributed by atoms with Crippen molar-refractivity contribution in [2.24, 2.45) is 14.1 Å². The zero-order chi connectivity index (χ0) is 26.2. The number of anilines is 2. The van der Waals surface area contributed by atoms with Gasteiger partial charge in [0.15, 0.2) is 11.6 Å². The van der Waals surface area contributed by atoms with Crippen LogP contribution in [-0.2, 0) is 25.4 Å². The van der Waals surface area contributed by atoms with Crippen molar-refractivity contribution in [1.82, 2.24) is 29.0 Å². The molecule has 0 radical (unpaired) electrons. The summed E-state index contributed by atoms with van der Waals surface area (Å²) in [4.78, 5) is 56.4. The van der Waals surface area contributed by atoms with E-state index in [-0.39, 0.29) is 42.7 Å². The van der Waals surface area contributed by atoms with Gasteiger partial charge < -0.3 is 39.9 Å². The second-order valence-electron chi connectivity index (χ2n) is 7.97. The number of nitrogens with zero attached hydrogens (tertiary/aromatic N) is 5. The molecule has 0 aliphatic rings. The molecule has 5 N–H and O–H groups in total. The van der Waals surface area contributed by atoms with Crippen LogP contribution in [0.2, 0.25) is 0 Å².